The fourth-order valence-corrected chi connectivity index (χ4v) is 2.06. The molecule has 1 aromatic rings. The van der Waals surface area contributed by atoms with Crippen LogP contribution in [0.3, 0.4) is 0 Å². The van der Waals surface area contributed by atoms with E-state index < -0.39 is 28.3 Å². The molecule has 0 saturated heterocycles. The van der Waals surface area contributed by atoms with Crippen molar-refractivity contribution in [3.63, 3.8) is 0 Å². The smallest absolute Gasteiger partial charge is 0.409 e. The van der Waals surface area contributed by atoms with Gasteiger partial charge in [-0.1, -0.05) is 46.9 Å². The first kappa shape index (κ1) is 18.9. The van der Waals surface area contributed by atoms with Crippen LogP contribution >= 0.6 is 34.8 Å². The number of carbonyl (C=O) groups is 2. The Labute approximate surface area is 152 Å². The number of fused-ring (bicyclic) bond motifs is 1. The van der Waals surface area contributed by atoms with Gasteiger partial charge in [0.05, 0.1) is 6.61 Å². The standard InChI is InChI=1S/C13H13Cl3N2O6/c1-2-22-12(21)17-11(13(14,15)16)24-18-7-5-3-4-6-8(7)23-10(20)9(18)19/h3-6,10-11,20H,2H2,1H3,(H,17,21)/t10-,11-/m1/s1. The van der Waals surface area contributed by atoms with Gasteiger partial charge in [0, 0.05) is 0 Å². The second kappa shape index (κ2) is 7.62. The first-order valence-corrected chi connectivity index (χ1v) is 7.82. The molecule has 0 radical (unpaired) electrons. The summed E-state index contributed by atoms with van der Waals surface area (Å²) in [5.74, 6) is -0.789. The van der Waals surface area contributed by atoms with Crippen molar-refractivity contribution in [1.29, 1.82) is 0 Å². The summed E-state index contributed by atoms with van der Waals surface area (Å²) >= 11 is 17.3. The van der Waals surface area contributed by atoms with Crippen LogP contribution in [0.5, 0.6) is 5.75 Å². The van der Waals surface area contributed by atoms with E-state index in [2.05, 4.69) is 5.32 Å². The van der Waals surface area contributed by atoms with Crippen molar-refractivity contribution in [3.05, 3.63) is 24.3 Å². The third kappa shape index (κ3) is 4.34. The molecule has 2 rings (SSSR count). The third-order valence-corrected chi connectivity index (χ3v) is 3.36. The minimum absolute atomic E-state index is 0.0798. The Bertz CT molecular complexity index is 624. The molecule has 0 saturated carbocycles. The highest BCUT2D eigenvalue weighted by atomic mass is 35.6. The quantitative estimate of drug-likeness (QED) is 0.594. The second-order valence-corrected chi connectivity index (χ2v) is 6.83. The Morgan fingerprint density at radius 2 is 2.12 bits per heavy atom. The summed E-state index contributed by atoms with van der Waals surface area (Å²) in [7, 11) is 0. The second-order valence-electron chi connectivity index (χ2n) is 4.46. The zero-order valence-electron chi connectivity index (χ0n) is 12.2. The van der Waals surface area contributed by atoms with Gasteiger partial charge in [-0.3, -0.25) is 10.1 Å². The molecule has 0 fully saturated rings. The number of hydroxylamine groups is 1. The average Bonchev–Trinajstić information content (AvgIpc) is 2.50. The molecule has 8 nitrogen and oxygen atoms in total. The molecule has 0 spiro atoms. The fourth-order valence-electron chi connectivity index (χ4n) is 1.78. The van der Waals surface area contributed by atoms with Crippen LogP contribution in [0.2, 0.25) is 0 Å². The van der Waals surface area contributed by atoms with Gasteiger partial charge >= 0.3 is 12.0 Å². The molecule has 11 heteroatoms. The van der Waals surface area contributed by atoms with Crippen LogP contribution in [0.25, 0.3) is 0 Å². The van der Waals surface area contributed by atoms with Crippen LogP contribution < -0.4 is 15.1 Å². The number of benzene rings is 1. The van der Waals surface area contributed by atoms with Gasteiger partial charge in [-0.25, -0.2) is 9.63 Å². The summed E-state index contributed by atoms with van der Waals surface area (Å²) < 4.78 is 7.59. The maximum absolute atomic E-state index is 12.1. The van der Waals surface area contributed by atoms with E-state index in [1.54, 1.807) is 19.1 Å². The van der Waals surface area contributed by atoms with Gasteiger partial charge in [-0.2, -0.15) is 5.06 Å². The molecule has 1 heterocycles. The number of nitrogens with zero attached hydrogens (tertiary/aromatic N) is 1. The number of ether oxygens (including phenoxy) is 2. The number of aliphatic hydroxyl groups is 1. The summed E-state index contributed by atoms with van der Waals surface area (Å²) in [6, 6.07) is 6.22. The molecule has 0 bridgehead atoms. The Hall–Kier alpha value is -1.45. The summed E-state index contributed by atoms with van der Waals surface area (Å²) in [6.45, 7) is 1.67. The van der Waals surface area contributed by atoms with E-state index in [1.807, 2.05) is 0 Å². The molecular weight excluding hydrogens is 387 g/mol. The fraction of sp³-hybridized carbons (Fsp3) is 0.385. The molecule has 1 aliphatic rings. The molecule has 24 heavy (non-hydrogen) atoms. The van der Waals surface area contributed by atoms with Gasteiger partial charge < -0.3 is 14.6 Å². The minimum Gasteiger partial charge on any atom is -0.453 e. The molecule has 1 aliphatic heterocycles. The number of anilines is 1. The van der Waals surface area contributed by atoms with Gasteiger partial charge in [-0.15, -0.1) is 0 Å². The van der Waals surface area contributed by atoms with Crippen LogP contribution in [0.4, 0.5) is 10.5 Å². The molecule has 1 aromatic carbocycles. The highest BCUT2D eigenvalue weighted by molar-refractivity contribution is 6.68. The number of rotatable bonds is 4. The number of aliphatic hydroxyl groups excluding tert-OH is 1. The van der Waals surface area contributed by atoms with E-state index in [4.69, 9.17) is 49.1 Å². The van der Waals surface area contributed by atoms with Crippen LogP contribution in [-0.4, -0.2) is 40.0 Å². The molecule has 0 aromatic heterocycles. The van der Waals surface area contributed by atoms with Gasteiger partial charge in [0.15, 0.2) is 0 Å². The van der Waals surface area contributed by atoms with Crippen molar-refractivity contribution in [2.75, 3.05) is 11.7 Å². The maximum Gasteiger partial charge on any atom is 0.409 e. The zero-order chi connectivity index (χ0) is 17.9. The van der Waals surface area contributed by atoms with Gasteiger partial charge in [-0.05, 0) is 19.1 Å². The lowest BCUT2D eigenvalue weighted by molar-refractivity contribution is -0.154. The number of halogens is 3. The Kier molecular flexibility index (Phi) is 6.00. The van der Waals surface area contributed by atoms with Crippen molar-refractivity contribution >= 4 is 52.5 Å². The summed E-state index contributed by atoms with van der Waals surface area (Å²) in [5, 5.41) is 12.5. The lowest BCUT2D eigenvalue weighted by atomic mass is 10.2. The molecule has 2 N–H and O–H groups in total. The number of para-hydroxylation sites is 2. The molecular formula is C13H13Cl3N2O6. The average molecular weight is 400 g/mol. The highest BCUT2D eigenvalue weighted by Gasteiger charge is 2.42. The topological polar surface area (TPSA) is 97.3 Å². The van der Waals surface area contributed by atoms with Crippen molar-refractivity contribution in [3.8, 4) is 5.75 Å². The predicted octanol–water partition coefficient (Wildman–Crippen LogP) is 2.10. The number of nitrogens with one attached hydrogen (secondary N) is 1. The lowest BCUT2D eigenvalue weighted by Crippen LogP contribution is -2.54. The van der Waals surface area contributed by atoms with Gasteiger partial charge in [0.25, 0.3) is 6.29 Å². The third-order valence-electron chi connectivity index (χ3n) is 2.77. The van der Waals surface area contributed by atoms with Crippen molar-refractivity contribution in [1.82, 2.24) is 5.32 Å². The highest BCUT2D eigenvalue weighted by Crippen LogP contribution is 2.37. The lowest BCUT2D eigenvalue weighted by Gasteiger charge is -2.35. The van der Waals surface area contributed by atoms with E-state index in [-0.39, 0.29) is 18.0 Å². The molecule has 0 aliphatic carbocycles. The summed E-state index contributed by atoms with van der Waals surface area (Å²) in [5.41, 5.74) is 0.165. The summed E-state index contributed by atoms with van der Waals surface area (Å²) in [4.78, 5) is 29.0. The van der Waals surface area contributed by atoms with Crippen LogP contribution in [-0.2, 0) is 14.4 Å². The van der Waals surface area contributed by atoms with Crippen LogP contribution in [0.1, 0.15) is 6.92 Å². The predicted molar refractivity (Wildman–Crippen MR) is 85.9 cm³/mol. The number of hydrogen-bond donors (Lipinski definition) is 2. The van der Waals surface area contributed by atoms with E-state index >= 15 is 0 Å². The Morgan fingerprint density at radius 1 is 1.46 bits per heavy atom. The number of hydrogen-bond acceptors (Lipinski definition) is 6. The van der Waals surface area contributed by atoms with Crippen LogP contribution in [0, 0.1) is 0 Å². The number of alkyl carbamates (subject to hydrolysis) is 1. The summed E-state index contributed by atoms with van der Waals surface area (Å²) in [6.07, 6.45) is -4.30. The minimum atomic E-state index is -2.13. The number of amides is 2. The molecule has 2 atom stereocenters. The Morgan fingerprint density at radius 3 is 2.75 bits per heavy atom. The van der Waals surface area contributed by atoms with Gasteiger partial charge in [0.2, 0.25) is 10.0 Å². The van der Waals surface area contributed by atoms with E-state index in [9.17, 15) is 14.7 Å². The van der Waals surface area contributed by atoms with E-state index in [1.165, 1.54) is 12.1 Å². The SMILES string of the molecule is CCOC(=O)N[C@H](ON1C(=O)[C@H](O)Oc2ccccc21)C(Cl)(Cl)Cl. The Balaban J connectivity index is 2.27. The van der Waals surface area contributed by atoms with Crippen molar-refractivity contribution < 1.29 is 29.0 Å². The first-order valence-electron chi connectivity index (χ1n) is 6.68. The maximum atomic E-state index is 12.1. The number of alkyl halides is 3. The van der Waals surface area contributed by atoms with E-state index in [0.717, 1.165) is 0 Å². The largest absolute Gasteiger partial charge is 0.453 e. The zero-order valence-corrected chi connectivity index (χ0v) is 14.5. The van der Waals surface area contributed by atoms with Gasteiger partial charge in [0.1, 0.15) is 11.4 Å². The molecule has 2 amide bonds. The number of carbonyl (C=O) groups excluding carboxylic acids is 2. The molecule has 0 unspecified atom stereocenters. The first-order chi connectivity index (χ1) is 11.2. The van der Waals surface area contributed by atoms with Crippen molar-refractivity contribution in [2.45, 2.75) is 23.2 Å². The monoisotopic (exact) mass is 398 g/mol. The van der Waals surface area contributed by atoms with Crippen LogP contribution in [0.15, 0.2) is 24.3 Å². The molecule has 132 valence electrons. The normalized spacial score (nSPS) is 18.5. The van der Waals surface area contributed by atoms with E-state index in [0.29, 0.717) is 5.06 Å². The van der Waals surface area contributed by atoms with Crippen molar-refractivity contribution in [2.24, 2.45) is 0 Å².